The maximum atomic E-state index is 11.7. The summed E-state index contributed by atoms with van der Waals surface area (Å²) in [6.45, 7) is 7.50. The number of carboxylic acid groups (broad SMARTS) is 1. The molecule has 0 saturated heterocycles. The minimum atomic E-state index is -1.10. The molecule has 0 saturated carbocycles. The van der Waals surface area contributed by atoms with Gasteiger partial charge in [0.15, 0.2) is 0 Å². The SMILES string of the molecule is CC(C)C(C)(C)OOC(=O)c1cccc(C(=O)O)c1. The van der Waals surface area contributed by atoms with Crippen LogP contribution in [0, 0.1) is 5.92 Å². The summed E-state index contributed by atoms with van der Waals surface area (Å²) in [6.07, 6.45) is 0. The highest BCUT2D eigenvalue weighted by Crippen LogP contribution is 2.21. The van der Waals surface area contributed by atoms with Crippen molar-refractivity contribution < 1.29 is 24.5 Å². The second kappa shape index (κ2) is 5.84. The summed E-state index contributed by atoms with van der Waals surface area (Å²) in [4.78, 5) is 32.4. The summed E-state index contributed by atoms with van der Waals surface area (Å²) < 4.78 is 0. The van der Waals surface area contributed by atoms with Gasteiger partial charge in [-0.1, -0.05) is 19.9 Å². The molecule has 0 heterocycles. The fourth-order valence-corrected chi connectivity index (χ4v) is 1.07. The Morgan fingerprint density at radius 1 is 1.21 bits per heavy atom. The summed E-state index contributed by atoms with van der Waals surface area (Å²) >= 11 is 0. The van der Waals surface area contributed by atoms with Crippen molar-refractivity contribution in [3.63, 3.8) is 0 Å². The van der Waals surface area contributed by atoms with Crippen LogP contribution in [0.5, 0.6) is 0 Å². The fourth-order valence-electron chi connectivity index (χ4n) is 1.07. The molecular formula is C14H18O5. The zero-order valence-electron chi connectivity index (χ0n) is 11.5. The van der Waals surface area contributed by atoms with Gasteiger partial charge in [-0.25, -0.2) is 9.59 Å². The van der Waals surface area contributed by atoms with Gasteiger partial charge in [-0.05, 0) is 38.0 Å². The first-order chi connectivity index (χ1) is 8.74. The minimum absolute atomic E-state index is 0.0255. The van der Waals surface area contributed by atoms with E-state index in [1.807, 2.05) is 13.8 Å². The smallest absolute Gasteiger partial charge is 0.373 e. The van der Waals surface area contributed by atoms with Gasteiger partial charge in [-0.15, -0.1) is 0 Å². The van der Waals surface area contributed by atoms with Gasteiger partial charge in [0.2, 0.25) is 0 Å². The molecular weight excluding hydrogens is 248 g/mol. The molecule has 0 bridgehead atoms. The predicted molar refractivity (Wildman–Crippen MR) is 68.8 cm³/mol. The van der Waals surface area contributed by atoms with E-state index in [2.05, 4.69) is 0 Å². The molecule has 0 aliphatic heterocycles. The molecule has 0 unspecified atom stereocenters. The molecule has 0 amide bonds. The second-order valence-corrected chi connectivity index (χ2v) is 5.10. The lowest BCUT2D eigenvalue weighted by molar-refractivity contribution is -0.317. The van der Waals surface area contributed by atoms with E-state index in [1.165, 1.54) is 24.3 Å². The molecule has 1 rings (SSSR count). The van der Waals surface area contributed by atoms with Gasteiger partial charge < -0.3 is 5.11 Å². The third-order valence-electron chi connectivity index (χ3n) is 3.07. The second-order valence-electron chi connectivity index (χ2n) is 5.10. The van der Waals surface area contributed by atoms with Gasteiger partial charge in [0.25, 0.3) is 0 Å². The van der Waals surface area contributed by atoms with Crippen LogP contribution in [0.15, 0.2) is 24.3 Å². The zero-order chi connectivity index (χ0) is 14.6. The summed E-state index contributed by atoms with van der Waals surface area (Å²) in [7, 11) is 0. The third-order valence-corrected chi connectivity index (χ3v) is 3.07. The Kier molecular flexibility index (Phi) is 4.67. The Labute approximate surface area is 112 Å². The van der Waals surface area contributed by atoms with E-state index in [0.29, 0.717) is 0 Å². The first-order valence-corrected chi connectivity index (χ1v) is 5.97. The quantitative estimate of drug-likeness (QED) is 0.655. The lowest BCUT2D eigenvalue weighted by Gasteiger charge is -2.26. The van der Waals surface area contributed by atoms with Crippen LogP contribution in [-0.2, 0) is 9.78 Å². The molecule has 0 spiro atoms. The number of aromatic carboxylic acids is 1. The van der Waals surface area contributed by atoms with Crippen LogP contribution in [0.1, 0.15) is 48.4 Å². The van der Waals surface area contributed by atoms with E-state index in [1.54, 1.807) is 13.8 Å². The van der Waals surface area contributed by atoms with Gasteiger partial charge in [0.1, 0.15) is 5.60 Å². The molecule has 0 aromatic heterocycles. The summed E-state index contributed by atoms with van der Waals surface area (Å²) in [5.74, 6) is -1.65. The van der Waals surface area contributed by atoms with Crippen molar-refractivity contribution in [2.75, 3.05) is 0 Å². The normalized spacial score (nSPS) is 11.4. The first kappa shape index (κ1) is 15.2. The van der Waals surface area contributed by atoms with Gasteiger partial charge in [-0.3, -0.25) is 4.89 Å². The van der Waals surface area contributed by atoms with Crippen LogP contribution < -0.4 is 0 Å². The zero-order valence-corrected chi connectivity index (χ0v) is 11.5. The maximum absolute atomic E-state index is 11.7. The number of carboxylic acids is 1. The van der Waals surface area contributed by atoms with Crippen LogP contribution in [0.25, 0.3) is 0 Å². The summed E-state index contributed by atoms with van der Waals surface area (Å²) in [5.41, 5.74) is -0.447. The number of hydrogen-bond donors (Lipinski definition) is 1. The molecule has 0 atom stereocenters. The Morgan fingerprint density at radius 2 is 1.79 bits per heavy atom. The number of hydrogen-bond acceptors (Lipinski definition) is 4. The lowest BCUT2D eigenvalue weighted by Crippen LogP contribution is -2.32. The van der Waals surface area contributed by atoms with Gasteiger partial charge in [0.05, 0.1) is 11.1 Å². The maximum Gasteiger partial charge on any atom is 0.373 e. The van der Waals surface area contributed by atoms with E-state index < -0.39 is 17.5 Å². The molecule has 1 N–H and O–H groups in total. The highest BCUT2D eigenvalue weighted by Gasteiger charge is 2.26. The van der Waals surface area contributed by atoms with Gasteiger partial charge in [0, 0.05) is 0 Å². The number of rotatable bonds is 5. The topological polar surface area (TPSA) is 72.8 Å². The Bertz CT molecular complexity index is 476. The van der Waals surface area contributed by atoms with Crippen molar-refractivity contribution in [1.82, 2.24) is 0 Å². The van der Waals surface area contributed by atoms with Crippen LogP contribution in [-0.4, -0.2) is 22.6 Å². The monoisotopic (exact) mass is 266 g/mol. The number of benzene rings is 1. The van der Waals surface area contributed by atoms with Gasteiger partial charge >= 0.3 is 11.9 Å². The molecule has 104 valence electrons. The van der Waals surface area contributed by atoms with Gasteiger partial charge in [-0.2, -0.15) is 4.89 Å². The third kappa shape index (κ3) is 4.06. The molecule has 1 aromatic carbocycles. The average Bonchev–Trinajstić information content (AvgIpc) is 2.36. The van der Waals surface area contributed by atoms with E-state index in [0.717, 1.165) is 0 Å². The van der Waals surface area contributed by atoms with E-state index >= 15 is 0 Å². The molecule has 0 fully saturated rings. The van der Waals surface area contributed by atoms with Crippen molar-refractivity contribution >= 4 is 11.9 Å². The Hall–Kier alpha value is -1.88. The van der Waals surface area contributed by atoms with Crippen molar-refractivity contribution in [2.24, 2.45) is 5.92 Å². The van der Waals surface area contributed by atoms with Crippen molar-refractivity contribution in [1.29, 1.82) is 0 Å². The van der Waals surface area contributed by atoms with Crippen LogP contribution in [0.2, 0.25) is 0 Å². The lowest BCUT2D eigenvalue weighted by atomic mass is 9.95. The van der Waals surface area contributed by atoms with Crippen LogP contribution >= 0.6 is 0 Å². The minimum Gasteiger partial charge on any atom is -0.478 e. The van der Waals surface area contributed by atoms with Crippen molar-refractivity contribution in [3.05, 3.63) is 35.4 Å². The average molecular weight is 266 g/mol. The largest absolute Gasteiger partial charge is 0.478 e. The molecule has 0 aliphatic rings. The van der Waals surface area contributed by atoms with Crippen molar-refractivity contribution in [3.8, 4) is 0 Å². The fraction of sp³-hybridized carbons (Fsp3) is 0.429. The van der Waals surface area contributed by atoms with Crippen LogP contribution in [0.4, 0.5) is 0 Å². The van der Waals surface area contributed by atoms with Crippen molar-refractivity contribution in [2.45, 2.75) is 33.3 Å². The first-order valence-electron chi connectivity index (χ1n) is 5.97. The van der Waals surface area contributed by atoms with E-state index in [9.17, 15) is 9.59 Å². The van der Waals surface area contributed by atoms with E-state index in [-0.39, 0.29) is 17.0 Å². The van der Waals surface area contributed by atoms with E-state index in [4.69, 9.17) is 14.9 Å². The molecule has 19 heavy (non-hydrogen) atoms. The number of carbonyl (C=O) groups excluding carboxylic acids is 1. The molecule has 0 aliphatic carbocycles. The molecule has 5 heteroatoms. The van der Waals surface area contributed by atoms with Crippen LogP contribution in [0.3, 0.4) is 0 Å². The Morgan fingerprint density at radius 3 is 2.32 bits per heavy atom. The number of carbonyl (C=O) groups is 2. The highest BCUT2D eigenvalue weighted by molar-refractivity contribution is 5.94. The molecule has 0 radical (unpaired) electrons. The summed E-state index contributed by atoms with van der Waals surface area (Å²) in [5, 5.41) is 8.84. The summed E-state index contributed by atoms with van der Waals surface area (Å²) in [6, 6.07) is 5.60. The predicted octanol–water partition coefficient (Wildman–Crippen LogP) is 2.91. The molecule has 5 nitrogen and oxygen atoms in total. The Balaban J connectivity index is 2.74. The molecule has 1 aromatic rings. The standard InChI is InChI=1S/C14H18O5/c1-9(2)14(3,4)19-18-13(17)11-7-5-6-10(8-11)12(15)16/h5-9H,1-4H3,(H,15,16). The highest BCUT2D eigenvalue weighted by atomic mass is 17.2.